The Hall–Kier alpha value is -3.58. The van der Waals surface area contributed by atoms with Crippen LogP contribution in [-0.4, -0.2) is 23.8 Å². The molecule has 0 amide bonds. The van der Waals surface area contributed by atoms with E-state index in [-0.39, 0.29) is 23.1 Å². The average molecular weight is 525 g/mol. The van der Waals surface area contributed by atoms with Crippen LogP contribution < -0.4 is 9.47 Å². The van der Waals surface area contributed by atoms with E-state index >= 15 is 0 Å². The summed E-state index contributed by atoms with van der Waals surface area (Å²) in [5.41, 5.74) is 0.634. The maximum atomic E-state index is 14.9. The molecular formula is C31H31F3O4. The molecule has 0 spiro atoms. The largest absolute Gasteiger partial charge is 0.493 e. The minimum Gasteiger partial charge on any atom is -0.493 e. The summed E-state index contributed by atoms with van der Waals surface area (Å²) < 4.78 is 55.1. The van der Waals surface area contributed by atoms with Gasteiger partial charge in [0.05, 0.1) is 18.3 Å². The van der Waals surface area contributed by atoms with Crippen LogP contribution in [0.2, 0.25) is 0 Å². The molecule has 3 aromatic rings. The van der Waals surface area contributed by atoms with Gasteiger partial charge in [-0.2, -0.15) is 0 Å². The second kappa shape index (κ2) is 12.3. The number of hydrogen-bond acceptors (Lipinski definition) is 4. The van der Waals surface area contributed by atoms with Crippen molar-refractivity contribution in [3.05, 3.63) is 95.8 Å². The van der Waals surface area contributed by atoms with Crippen molar-refractivity contribution in [1.82, 2.24) is 0 Å². The third-order valence-corrected chi connectivity index (χ3v) is 7.13. The molecule has 0 aromatic heterocycles. The van der Waals surface area contributed by atoms with Gasteiger partial charge >= 0.3 is 5.97 Å². The molecule has 1 N–H and O–H groups in total. The van der Waals surface area contributed by atoms with Crippen LogP contribution in [0.15, 0.2) is 67.3 Å². The Labute approximate surface area is 220 Å². The van der Waals surface area contributed by atoms with E-state index in [1.807, 2.05) is 0 Å². The first-order valence-corrected chi connectivity index (χ1v) is 12.8. The molecule has 1 atom stereocenters. The molecule has 1 fully saturated rings. The highest BCUT2D eigenvalue weighted by atomic mass is 19.2. The van der Waals surface area contributed by atoms with Gasteiger partial charge in [-0.3, -0.25) is 0 Å². The van der Waals surface area contributed by atoms with Crippen molar-refractivity contribution >= 4 is 5.97 Å². The lowest BCUT2D eigenvalue weighted by Gasteiger charge is -2.30. The third-order valence-electron chi connectivity index (χ3n) is 7.13. The van der Waals surface area contributed by atoms with Gasteiger partial charge in [-0.15, -0.1) is 6.58 Å². The zero-order chi connectivity index (χ0) is 27.2. The van der Waals surface area contributed by atoms with E-state index in [0.717, 1.165) is 12.8 Å². The van der Waals surface area contributed by atoms with Crippen LogP contribution in [0.25, 0.3) is 11.1 Å². The lowest BCUT2D eigenvalue weighted by atomic mass is 9.76. The van der Waals surface area contributed by atoms with E-state index < -0.39 is 35.1 Å². The number of rotatable bonds is 9. The van der Waals surface area contributed by atoms with Crippen LogP contribution in [0.3, 0.4) is 0 Å². The molecule has 0 radical (unpaired) electrons. The van der Waals surface area contributed by atoms with E-state index in [2.05, 4.69) is 6.58 Å². The van der Waals surface area contributed by atoms with E-state index in [1.165, 1.54) is 30.3 Å². The summed E-state index contributed by atoms with van der Waals surface area (Å²) in [5, 5.41) is 9.77. The summed E-state index contributed by atoms with van der Waals surface area (Å²) in [7, 11) is 0. The van der Waals surface area contributed by atoms with Crippen molar-refractivity contribution in [2.45, 2.75) is 51.0 Å². The van der Waals surface area contributed by atoms with Gasteiger partial charge in [0.2, 0.25) is 0 Å². The normalized spacial score (nSPS) is 18.0. The summed E-state index contributed by atoms with van der Waals surface area (Å²) >= 11 is 0. The second-order valence-electron chi connectivity index (χ2n) is 9.66. The number of aliphatic hydroxyl groups excluding tert-OH is 1. The highest BCUT2D eigenvalue weighted by molar-refractivity contribution is 5.91. The van der Waals surface area contributed by atoms with E-state index in [0.29, 0.717) is 42.7 Å². The molecule has 7 heteroatoms. The molecule has 1 unspecified atom stereocenters. The topological polar surface area (TPSA) is 55.8 Å². The lowest BCUT2D eigenvalue weighted by molar-refractivity contribution is 0.0728. The van der Waals surface area contributed by atoms with Gasteiger partial charge in [0.15, 0.2) is 11.6 Å². The van der Waals surface area contributed by atoms with Gasteiger partial charge in [-0.05, 0) is 92.3 Å². The van der Waals surface area contributed by atoms with Crippen LogP contribution in [0.1, 0.15) is 60.9 Å². The van der Waals surface area contributed by atoms with E-state index in [1.54, 1.807) is 37.3 Å². The van der Waals surface area contributed by atoms with E-state index in [4.69, 9.17) is 9.47 Å². The lowest BCUT2D eigenvalue weighted by Crippen LogP contribution is -2.23. The molecule has 1 aliphatic rings. The van der Waals surface area contributed by atoms with Crippen molar-refractivity contribution in [2.24, 2.45) is 5.92 Å². The molecule has 0 heterocycles. The number of hydrogen-bond donors (Lipinski definition) is 1. The Kier molecular flexibility index (Phi) is 8.89. The molecule has 0 saturated heterocycles. The SMILES string of the molecule is C=CCCOc1ccc(-c2ccc(OC(=O)c3ccc(C4CCC(C(C)O)CC4)c(F)c3F)cc2)c(F)c1. The molecule has 1 aliphatic carbocycles. The van der Waals surface area contributed by atoms with Crippen LogP contribution in [-0.2, 0) is 0 Å². The van der Waals surface area contributed by atoms with Crippen molar-refractivity contribution in [3.8, 4) is 22.6 Å². The number of ether oxygens (including phenoxy) is 2. The first-order valence-electron chi connectivity index (χ1n) is 12.8. The van der Waals surface area contributed by atoms with Crippen LogP contribution in [0, 0.1) is 23.4 Å². The molecule has 0 bridgehead atoms. The number of halogens is 3. The monoisotopic (exact) mass is 524 g/mol. The highest BCUT2D eigenvalue weighted by Gasteiger charge is 2.29. The first-order chi connectivity index (χ1) is 18.3. The summed E-state index contributed by atoms with van der Waals surface area (Å²) in [6.45, 7) is 5.76. The number of carbonyl (C=O) groups excluding carboxylic acids is 1. The average Bonchev–Trinajstić information content (AvgIpc) is 2.91. The van der Waals surface area contributed by atoms with Gasteiger partial charge in [-0.25, -0.2) is 18.0 Å². The molecule has 1 saturated carbocycles. The third kappa shape index (κ3) is 6.27. The molecule has 200 valence electrons. The highest BCUT2D eigenvalue weighted by Crippen LogP contribution is 2.39. The fourth-order valence-electron chi connectivity index (χ4n) is 4.89. The second-order valence-corrected chi connectivity index (χ2v) is 9.66. The number of carbonyl (C=O) groups is 1. The van der Waals surface area contributed by atoms with Crippen molar-refractivity contribution < 1.29 is 32.5 Å². The Bertz CT molecular complexity index is 1280. The minimum atomic E-state index is -1.24. The smallest absolute Gasteiger partial charge is 0.346 e. The zero-order valence-corrected chi connectivity index (χ0v) is 21.3. The molecule has 38 heavy (non-hydrogen) atoms. The molecule has 3 aromatic carbocycles. The standard InChI is InChI=1S/C31H31F3O4/c1-3-4-17-37-24-13-14-25(28(32)18-24)21-9-11-23(12-10-21)38-31(36)27-16-15-26(29(33)30(27)34)22-7-5-20(6-8-22)19(2)35/h3,9-16,18-20,22,35H,1,4-8,17H2,2H3. The van der Waals surface area contributed by atoms with Crippen LogP contribution in [0.5, 0.6) is 11.5 Å². The van der Waals surface area contributed by atoms with Gasteiger partial charge < -0.3 is 14.6 Å². The predicted octanol–water partition coefficient (Wildman–Crippen LogP) is 7.60. The summed E-state index contributed by atoms with van der Waals surface area (Å²) in [5.74, 6) is -3.24. The molecule has 0 aliphatic heterocycles. The fraction of sp³-hybridized carbons (Fsp3) is 0.323. The summed E-state index contributed by atoms with van der Waals surface area (Å²) in [6.07, 6.45) is 4.71. The molecule has 4 rings (SSSR count). The Morgan fingerprint density at radius 1 is 1.00 bits per heavy atom. The Morgan fingerprint density at radius 2 is 1.68 bits per heavy atom. The van der Waals surface area contributed by atoms with Gasteiger partial charge in [0, 0.05) is 11.6 Å². The van der Waals surface area contributed by atoms with Crippen LogP contribution >= 0.6 is 0 Å². The minimum absolute atomic E-state index is 0.115. The molecule has 4 nitrogen and oxygen atoms in total. The van der Waals surface area contributed by atoms with E-state index in [9.17, 15) is 23.1 Å². The fourth-order valence-corrected chi connectivity index (χ4v) is 4.89. The van der Waals surface area contributed by atoms with Crippen molar-refractivity contribution in [3.63, 3.8) is 0 Å². The summed E-state index contributed by atoms with van der Waals surface area (Å²) in [6, 6.07) is 13.3. The quantitative estimate of drug-likeness (QED) is 0.136. The van der Waals surface area contributed by atoms with Crippen molar-refractivity contribution in [2.75, 3.05) is 6.61 Å². The van der Waals surface area contributed by atoms with Gasteiger partial charge in [0.1, 0.15) is 17.3 Å². The number of esters is 1. The Balaban J connectivity index is 1.42. The first kappa shape index (κ1) is 27.5. The van der Waals surface area contributed by atoms with Crippen molar-refractivity contribution in [1.29, 1.82) is 0 Å². The molecular weight excluding hydrogens is 493 g/mol. The Morgan fingerprint density at radius 3 is 2.32 bits per heavy atom. The van der Waals surface area contributed by atoms with Gasteiger partial charge in [0.25, 0.3) is 0 Å². The number of benzene rings is 3. The van der Waals surface area contributed by atoms with Crippen LogP contribution in [0.4, 0.5) is 13.2 Å². The zero-order valence-electron chi connectivity index (χ0n) is 21.3. The van der Waals surface area contributed by atoms with Gasteiger partial charge in [-0.1, -0.05) is 24.3 Å². The summed E-state index contributed by atoms with van der Waals surface area (Å²) in [4.78, 5) is 12.6. The number of aliphatic hydroxyl groups is 1. The maximum Gasteiger partial charge on any atom is 0.346 e. The predicted molar refractivity (Wildman–Crippen MR) is 140 cm³/mol. The maximum absolute atomic E-state index is 14.9.